The lowest BCUT2D eigenvalue weighted by molar-refractivity contribution is 1.07. The van der Waals surface area contributed by atoms with Gasteiger partial charge in [-0.15, -0.1) is 0 Å². The van der Waals surface area contributed by atoms with Gasteiger partial charge >= 0.3 is 0 Å². The Morgan fingerprint density at radius 1 is 0.387 bits per heavy atom. The molecule has 5 nitrogen and oxygen atoms in total. The van der Waals surface area contributed by atoms with E-state index in [0.717, 1.165) is 33.4 Å². The van der Waals surface area contributed by atoms with E-state index in [0.29, 0.717) is 11.6 Å². The fraction of sp³-hybridized carbons (Fsp3) is 0. The first-order valence-corrected chi connectivity index (χ1v) is 10.1. The van der Waals surface area contributed by atoms with Crippen LogP contribution in [0.1, 0.15) is 0 Å². The number of nitrogens with zero attached hydrogens (tertiary/aromatic N) is 5. The average Bonchev–Trinajstić information content (AvgIpc) is 2.85. The van der Waals surface area contributed by atoms with Crippen LogP contribution in [0.25, 0.3) is 45.0 Å². The van der Waals surface area contributed by atoms with Crippen molar-refractivity contribution in [2.75, 3.05) is 0 Å². The summed E-state index contributed by atoms with van der Waals surface area (Å²) in [5, 5.41) is 0.163. The molecule has 31 heavy (non-hydrogen) atoms. The summed E-state index contributed by atoms with van der Waals surface area (Å²) in [6, 6.07) is 24.0. The Morgan fingerprint density at radius 3 is 1.10 bits per heavy atom. The smallest absolute Gasteiger partial charge is 0.226 e. The second kappa shape index (κ2) is 8.42. The highest BCUT2D eigenvalue weighted by Gasteiger charge is 2.10. The van der Waals surface area contributed by atoms with Crippen molar-refractivity contribution in [3.63, 3.8) is 0 Å². The molecule has 0 unspecified atom stereocenters. The van der Waals surface area contributed by atoms with Gasteiger partial charge in [0.1, 0.15) is 0 Å². The monoisotopic (exact) mass is 421 g/mol. The Kier molecular flexibility index (Phi) is 5.17. The summed E-state index contributed by atoms with van der Waals surface area (Å²) in [6.45, 7) is 0. The molecule has 0 amide bonds. The number of benzene rings is 2. The average molecular weight is 422 g/mol. The second-order valence-corrected chi connectivity index (χ2v) is 7.22. The number of hydrogen-bond donors (Lipinski definition) is 0. The lowest BCUT2D eigenvalue weighted by Gasteiger charge is -2.07. The Balaban J connectivity index is 1.45. The van der Waals surface area contributed by atoms with Gasteiger partial charge < -0.3 is 0 Å². The van der Waals surface area contributed by atoms with Crippen molar-refractivity contribution in [2.24, 2.45) is 0 Å². The minimum Gasteiger partial charge on any atom is -0.265 e. The molecule has 0 aliphatic rings. The van der Waals surface area contributed by atoms with Gasteiger partial charge in [0.15, 0.2) is 11.6 Å². The normalized spacial score (nSPS) is 10.7. The zero-order chi connectivity index (χ0) is 21.0. The van der Waals surface area contributed by atoms with E-state index in [9.17, 15) is 0 Å². The lowest BCUT2D eigenvalue weighted by Crippen LogP contribution is -1.97. The molecule has 0 saturated carbocycles. The first kappa shape index (κ1) is 19.0. The van der Waals surface area contributed by atoms with E-state index in [4.69, 9.17) is 11.6 Å². The summed E-state index contributed by atoms with van der Waals surface area (Å²) in [7, 11) is 0. The molecule has 148 valence electrons. The van der Waals surface area contributed by atoms with Crippen LogP contribution in [0.15, 0.2) is 97.6 Å². The Hall–Kier alpha value is -3.96. The van der Waals surface area contributed by atoms with Crippen LogP contribution in [0.2, 0.25) is 5.28 Å². The predicted octanol–water partition coefficient (Wildman–Crippen LogP) is 5.98. The first-order chi connectivity index (χ1) is 15.3. The minimum absolute atomic E-state index is 0.163. The molecule has 0 radical (unpaired) electrons. The van der Waals surface area contributed by atoms with Gasteiger partial charge in [0.2, 0.25) is 5.28 Å². The minimum atomic E-state index is 0.163. The molecule has 5 aromatic rings. The zero-order valence-corrected chi connectivity index (χ0v) is 17.1. The highest BCUT2D eigenvalue weighted by atomic mass is 35.5. The van der Waals surface area contributed by atoms with Crippen LogP contribution in [-0.2, 0) is 0 Å². The highest BCUT2D eigenvalue weighted by molar-refractivity contribution is 6.28. The van der Waals surface area contributed by atoms with Gasteiger partial charge in [-0.05, 0) is 58.1 Å². The Labute approximate surface area is 184 Å². The van der Waals surface area contributed by atoms with Gasteiger partial charge in [-0.1, -0.05) is 48.5 Å². The molecule has 0 atom stereocenters. The number of halogens is 1. The fourth-order valence-electron chi connectivity index (χ4n) is 3.32. The van der Waals surface area contributed by atoms with E-state index < -0.39 is 0 Å². The van der Waals surface area contributed by atoms with Gasteiger partial charge in [0.05, 0.1) is 0 Å². The van der Waals surface area contributed by atoms with E-state index in [2.05, 4.69) is 24.9 Å². The Morgan fingerprint density at radius 2 is 0.710 bits per heavy atom. The third kappa shape index (κ3) is 4.17. The molecule has 3 aromatic heterocycles. The SMILES string of the molecule is Clc1nc(-c2ccc(-c3ccncc3)cc2)nc(-c2ccc(-c3ccncc3)cc2)n1. The van der Waals surface area contributed by atoms with Crippen molar-refractivity contribution in [1.29, 1.82) is 0 Å². The number of pyridine rings is 2. The van der Waals surface area contributed by atoms with Crippen molar-refractivity contribution in [1.82, 2.24) is 24.9 Å². The summed E-state index contributed by atoms with van der Waals surface area (Å²) in [5.41, 5.74) is 6.14. The lowest BCUT2D eigenvalue weighted by atomic mass is 10.0. The molecule has 2 aromatic carbocycles. The number of aromatic nitrogens is 5. The zero-order valence-electron chi connectivity index (χ0n) is 16.4. The molecule has 0 saturated heterocycles. The van der Waals surface area contributed by atoms with Crippen LogP contribution in [-0.4, -0.2) is 24.9 Å². The van der Waals surface area contributed by atoms with Crippen LogP contribution < -0.4 is 0 Å². The second-order valence-electron chi connectivity index (χ2n) is 6.88. The Bertz CT molecular complexity index is 1210. The third-order valence-corrected chi connectivity index (χ3v) is 5.09. The van der Waals surface area contributed by atoms with Crippen molar-refractivity contribution in [3.8, 4) is 45.0 Å². The van der Waals surface area contributed by atoms with Gasteiger partial charge in [0.25, 0.3) is 0 Å². The first-order valence-electron chi connectivity index (χ1n) is 9.69. The van der Waals surface area contributed by atoms with Crippen LogP contribution >= 0.6 is 11.6 Å². The summed E-state index contributed by atoms with van der Waals surface area (Å²) in [6.07, 6.45) is 7.12. The van der Waals surface area contributed by atoms with Gasteiger partial charge in [-0.3, -0.25) is 9.97 Å². The predicted molar refractivity (Wildman–Crippen MR) is 122 cm³/mol. The summed E-state index contributed by atoms with van der Waals surface area (Å²) >= 11 is 6.23. The van der Waals surface area contributed by atoms with Crippen LogP contribution in [0, 0.1) is 0 Å². The van der Waals surface area contributed by atoms with E-state index in [1.807, 2.05) is 72.8 Å². The van der Waals surface area contributed by atoms with Crippen molar-refractivity contribution < 1.29 is 0 Å². The van der Waals surface area contributed by atoms with Crippen molar-refractivity contribution >= 4 is 11.6 Å². The molecule has 3 heterocycles. The molecule has 0 N–H and O–H groups in total. The standard InChI is InChI=1S/C25H16ClN5/c26-25-30-23(21-5-1-17(2-6-21)19-9-13-27-14-10-19)29-24(31-25)22-7-3-18(4-8-22)20-11-15-28-16-12-20/h1-16H. The molecule has 0 bridgehead atoms. The molecular weight excluding hydrogens is 406 g/mol. The number of rotatable bonds is 4. The summed E-state index contributed by atoms with van der Waals surface area (Å²) in [4.78, 5) is 21.4. The van der Waals surface area contributed by atoms with Crippen molar-refractivity contribution in [2.45, 2.75) is 0 Å². The van der Waals surface area contributed by atoms with E-state index in [-0.39, 0.29) is 5.28 Å². The molecule has 6 heteroatoms. The highest BCUT2D eigenvalue weighted by Crippen LogP contribution is 2.26. The van der Waals surface area contributed by atoms with E-state index in [1.54, 1.807) is 24.8 Å². The summed E-state index contributed by atoms with van der Waals surface area (Å²) < 4.78 is 0. The fourth-order valence-corrected chi connectivity index (χ4v) is 3.48. The molecule has 0 aliphatic heterocycles. The van der Waals surface area contributed by atoms with Crippen LogP contribution in [0.4, 0.5) is 0 Å². The van der Waals surface area contributed by atoms with Crippen LogP contribution in [0.5, 0.6) is 0 Å². The quantitative estimate of drug-likeness (QED) is 0.357. The van der Waals surface area contributed by atoms with Crippen LogP contribution in [0.3, 0.4) is 0 Å². The maximum absolute atomic E-state index is 6.23. The van der Waals surface area contributed by atoms with Gasteiger partial charge in [0, 0.05) is 35.9 Å². The maximum atomic E-state index is 6.23. The molecule has 0 fully saturated rings. The molecule has 5 rings (SSSR count). The molecule has 0 aliphatic carbocycles. The van der Waals surface area contributed by atoms with Gasteiger partial charge in [-0.2, -0.15) is 9.97 Å². The van der Waals surface area contributed by atoms with E-state index in [1.165, 1.54) is 0 Å². The summed E-state index contributed by atoms with van der Waals surface area (Å²) in [5.74, 6) is 1.07. The maximum Gasteiger partial charge on any atom is 0.226 e. The molecule has 0 spiro atoms. The molecular formula is C25H16ClN5. The van der Waals surface area contributed by atoms with Gasteiger partial charge in [-0.25, -0.2) is 4.98 Å². The number of hydrogen-bond acceptors (Lipinski definition) is 5. The third-order valence-electron chi connectivity index (χ3n) is 4.92. The largest absolute Gasteiger partial charge is 0.265 e. The van der Waals surface area contributed by atoms with E-state index >= 15 is 0 Å². The van der Waals surface area contributed by atoms with Crippen molar-refractivity contribution in [3.05, 3.63) is 103 Å². The topological polar surface area (TPSA) is 64.5 Å².